The van der Waals surface area contributed by atoms with Crippen molar-refractivity contribution in [1.29, 1.82) is 0 Å². The molecule has 7 heteroatoms. The van der Waals surface area contributed by atoms with Crippen LogP contribution in [0, 0.1) is 0 Å². The molecule has 1 aromatic rings. The molecule has 0 aromatic heterocycles. The molecule has 0 bridgehead atoms. The molecule has 1 aromatic carbocycles. The molecule has 106 valence electrons. The number of nitrogens with two attached hydrogens (primary N) is 1. The van der Waals surface area contributed by atoms with Crippen LogP contribution in [0.25, 0.3) is 0 Å². The van der Waals surface area contributed by atoms with Crippen molar-refractivity contribution >= 4 is 53.1 Å². The molecule has 0 radical (unpaired) electrons. The van der Waals surface area contributed by atoms with Crippen LogP contribution in [0.15, 0.2) is 29.3 Å². The topological polar surface area (TPSA) is 79.5 Å². The maximum Gasteiger partial charge on any atom is 0.224 e. The van der Waals surface area contributed by atoms with Crippen molar-refractivity contribution in [3.63, 3.8) is 0 Å². The number of guanidine groups is 1. The lowest BCUT2D eigenvalue weighted by Crippen LogP contribution is -2.32. The summed E-state index contributed by atoms with van der Waals surface area (Å²) in [5.41, 5.74) is 6.20. The van der Waals surface area contributed by atoms with Crippen molar-refractivity contribution < 1.29 is 4.79 Å². The molecule has 19 heavy (non-hydrogen) atoms. The molecule has 0 saturated heterocycles. The third kappa shape index (κ3) is 7.89. The lowest BCUT2D eigenvalue weighted by Gasteiger charge is -2.06. The number of aliphatic imine (C=N–C) groups is 1. The highest BCUT2D eigenvalue weighted by Crippen LogP contribution is 2.13. The van der Waals surface area contributed by atoms with Crippen LogP contribution in [0.2, 0.25) is 5.02 Å². The lowest BCUT2D eigenvalue weighted by atomic mass is 10.2. The van der Waals surface area contributed by atoms with Gasteiger partial charge in [0.2, 0.25) is 5.91 Å². The summed E-state index contributed by atoms with van der Waals surface area (Å²) < 4.78 is 0. The van der Waals surface area contributed by atoms with Crippen LogP contribution in [0.3, 0.4) is 0 Å². The zero-order valence-electron chi connectivity index (χ0n) is 10.6. The Labute approximate surface area is 135 Å². The van der Waals surface area contributed by atoms with Gasteiger partial charge in [0.1, 0.15) is 0 Å². The zero-order chi connectivity index (χ0) is 13.4. The van der Waals surface area contributed by atoms with E-state index >= 15 is 0 Å². The van der Waals surface area contributed by atoms with E-state index in [1.807, 2.05) is 0 Å². The van der Waals surface area contributed by atoms with E-state index in [0.29, 0.717) is 30.4 Å². The number of carbonyl (C=O) groups excluding carboxylic acids is 1. The Morgan fingerprint density at radius 3 is 2.58 bits per heavy atom. The predicted molar refractivity (Wildman–Crippen MR) is 90.3 cm³/mol. The van der Waals surface area contributed by atoms with Gasteiger partial charge >= 0.3 is 0 Å². The Morgan fingerprint density at radius 1 is 1.37 bits per heavy atom. The van der Waals surface area contributed by atoms with E-state index < -0.39 is 0 Å². The molecule has 0 spiro atoms. The molecule has 0 aliphatic rings. The Morgan fingerprint density at radius 2 is 2.00 bits per heavy atom. The fourth-order valence-corrected chi connectivity index (χ4v) is 1.43. The Bertz CT molecular complexity index is 422. The molecule has 0 fully saturated rings. The number of halogens is 2. The number of rotatable bonds is 5. The highest BCUT2D eigenvalue weighted by Gasteiger charge is 2.02. The summed E-state index contributed by atoms with van der Waals surface area (Å²) in [7, 11) is 1.61. The van der Waals surface area contributed by atoms with Gasteiger partial charge in [0, 0.05) is 30.7 Å². The first-order valence-corrected chi connectivity index (χ1v) is 6.01. The van der Waals surface area contributed by atoms with E-state index in [1.54, 1.807) is 31.3 Å². The fourth-order valence-electron chi connectivity index (χ4n) is 1.30. The van der Waals surface area contributed by atoms with Crippen molar-refractivity contribution in [3.8, 4) is 0 Å². The molecular formula is C12H18ClIN4O. The van der Waals surface area contributed by atoms with Crippen LogP contribution in [-0.2, 0) is 4.79 Å². The molecule has 0 atom stereocenters. The van der Waals surface area contributed by atoms with Gasteiger partial charge in [0.25, 0.3) is 0 Å². The van der Waals surface area contributed by atoms with Gasteiger partial charge in [-0.3, -0.25) is 9.79 Å². The number of nitrogens with one attached hydrogen (secondary N) is 2. The minimum Gasteiger partial charge on any atom is -0.370 e. The summed E-state index contributed by atoms with van der Waals surface area (Å²) in [5.74, 6) is 0.347. The largest absolute Gasteiger partial charge is 0.370 e. The summed E-state index contributed by atoms with van der Waals surface area (Å²) in [6.45, 7) is 0.622. The van der Waals surface area contributed by atoms with Crippen LogP contribution in [0.5, 0.6) is 0 Å². The minimum atomic E-state index is -0.0360. The highest BCUT2D eigenvalue weighted by atomic mass is 127. The van der Waals surface area contributed by atoms with Crippen LogP contribution in [0.4, 0.5) is 5.69 Å². The van der Waals surface area contributed by atoms with Gasteiger partial charge in [-0.05, 0) is 30.7 Å². The van der Waals surface area contributed by atoms with E-state index in [9.17, 15) is 4.79 Å². The van der Waals surface area contributed by atoms with Crippen LogP contribution in [-0.4, -0.2) is 25.5 Å². The zero-order valence-corrected chi connectivity index (χ0v) is 13.7. The Kier molecular flexibility index (Phi) is 9.32. The van der Waals surface area contributed by atoms with Crippen LogP contribution in [0.1, 0.15) is 12.8 Å². The molecule has 1 amide bonds. The van der Waals surface area contributed by atoms with E-state index in [2.05, 4.69) is 15.6 Å². The molecule has 0 heterocycles. The number of carbonyl (C=O) groups is 1. The molecular weight excluding hydrogens is 379 g/mol. The third-order valence-electron chi connectivity index (χ3n) is 2.26. The SMILES string of the molecule is CN=C(N)NCCCC(=O)Nc1ccc(Cl)cc1.I. The molecule has 1 rings (SSSR count). The average molecular weight is 397 g/mol. The molecule has 0 saturated carbocycles. The second-order valence-electron chi connectivity index (χ2n) is 3.69. The van der Waals surface area contributed by atoms with Crippen molar-refractivity contribution in [3.05, 3.63) is 29.3 Å². The first-order chi connectivity index (χ1) is 8.61. The van der Waals surface area contributed by atoms with Gasteiger partial charge in [0.15, 0.2) is 5.96 Å². The smallest absolute Gasteiger partial charge is 0.224 e. The average Bonchev–Trinajstić information content (AvgIpc) is 2.37. The number of anilines is 1. The summed E-state index contributed by atoms with van der Waals surface area (Å²) in [6, 6.07) is 6.99. The number of nitrogens with zero attached hydrogens (tertiary/aromatic N) is 1. The highest BCUT2D eigenvalue weighted by molar-refractivity contribution is 14.0. The molecule has 5 nitrogen and oxygen atoms in total. The van der Waals surface area contributed by atoms with Crippen molar-refractivity contribution in [1.82, 2.24) is 5.32 Å². The normalized spacial score (nSPS) is 10.5. The third-order valence-corrected chi connectivity index (χ3v) is 2.51. The summed E-state index contributed by atoms with van der Waals surface area (Å²) in [5, 5.41) is 6.32. The maximum absolute atomic E-state index is 11.6. The molecule has 0 aliphatic carbocycles. The van der Waals surface area contributed by atoms with Crippen molar-refractivity contribution in [2.75, 3.05) is 18.9 Å². The lowest BCUT2D eigenvalue weighted by molar-refractivity contribution is -0.116. The van der Waals surface area contributed by atoms with E-state index in [4.69, 9.17) is 17.3 Å². The van der Waals surface area contributed by atoms with Gasteiger partial charge < -0.3 is 16.4 Å². The first kappa shape index (κ1) is 18.0. The second kappa shape index (κ2) is 9.85. The molecule has 0 aliphatic heterocycles. The predicted octanol–water partition coefficient (Wildman–Crippen LogP) is 2.21. The number of benzene rings is 1. The number of amides is 1. The van der Waals surface area contributed by atoms with Crippen LogP contribution < -0.4 is 16.4 Å². The fraction of sp³-hybridized carbons (Fsp3) is 0.333. The second-order valence-corrected chi connectivity index (χ2v) is 4.13. The minimum absolute atomic E-state index is 0. The van der Waals surface area contributed by atoms with E-state index in [0.717, 1.165) is 5.69 Å². The van der Waals surface area contributed by atoms with Crippen LogP contribution >= 0.6 is 35.6 Å². The quantitative estimate of drug-likeness (QED) is 0.309. The summed E-state index contributed by atoms with van der Waals surface area (Å²) in [4.78, 5) is 15.3. The maximum atomic E-state index is 11.6. The van der Waals surface area contributed by atoms with Gasteiger partial charge in [0.05, 0.1) is 0 Å². The summed E-state index contributed by atoms with van der Waals surface area (Å²) in [6.07, 6.45) is 1.11. The van der Waals surface area contributed by atoms with Crippen molar-refractivity contribution in [2.24, 2.45) is 10.7 Å². The number of hydrogen-bond acceptors (Lipinski definition) is 2. The number of hydrogen-bond donors (Lipinski definition) is 3. The van der Waals surface area contributed by atoms with E-state index in [1.165, 1.54) is 0 Å². The standard InChI is InChI=1S/C12H17ClN4O.HI/c1-15-12(14)16-8-2-3-11(18)17-10-6-4-9(13)5-7-10;/h4-7H,2-3,8H2,1H3,(H,17,18)(H3,14,15,16);1H. The molecule has 0 unspecified atom stereocenters. The monoisotopic (exact) mass is 396 g/mol. The van der Waals surface area contributed by atoms with Crippen molar-refractivity contribution in [2.45, 2.75) is 12.8 Å². The Hall–Kier alpha value is -1.02. The molecule has 4 N–H and O–H groups in total. The van der Waals surface area contributed by atoms with Gasteiger partial charge in [-0.25, -0.2) is 0 Å². The Balaban J connectivity index is 0.00000324. The first-order valence-electron chi connectivity index (χ1n) is 5.63. The van der Waals surface area contributed by atoms with E-state index in [-0.39, 0.29) is 29.9 Å². The summed E-state index contributed by atoms with van der Waals surface area (Å²) >= 11 is 5.75. The van der Waals surface area contributed by atoms with Gasteiger partial charge in [-0.15, -0.1) is 24.0 Å². The van der Waals surface area contributed by atoms with Gasteiger partial charge in [-0.1, -0.05) is 11.6 Å². The van der Waals surface area contributed by atoms with Gasteiger partial charge in [-0.2, -0.15) is 0 Å².